The summed E-state index contributed by atoms with van der Waals surface area (Å²) in [6.45, 7) is 0. The first-order valence-electron chi connectivity index (χ1n) is 6.21. The van der Waals surface area contributed by atoms with Crippen LogP contribution < -0.4 is 0 Å². The second-order valence-electron chi connectivity index (χ2n) is 4.67. The van der Waals surface area contributed by atoms with Gasteiger partial charge in [-0.05, 0) is 0 Å². The Kier molecular flexibility index (Phi) is 9.91. The first kappa shape index (κ1) is 15.4. The molecule has 2 rings (SSSR count). The summed E-state index contributed by atoms with van der Waals surface area (Å²) < 4.78 is 0. The van der Waals surface area contributed by atoms with Gasteiger partial charge < -0.3 is 11.5 Å². The van der Waals surface area contributed by atoms with Gasteiger partial charge in [-0.1, -0.05) is 64.2 Å². The molecule has 2 N–H and O–H groups in total. The van der Waals surface area contributed by atoms with Crippen molar-refractivity contribution in [1.29, 1.82) is 0 Å². The quantitative estimate of drug-likeness (QED) is 0.600. The minimum atomic E-state index is 0. The van der Waals surface area contributed by atoms with Crippen LogP contribution in [-0.4, -0.2) is 12.1 Å². The minimum Gasteiger partial charge on any atom is -0.675 e. The molecule has 0 atom stereocenters. The first-order valence-corrected chi connectivity index (χ1v) is 6.21. The maximum atomic E-state index is 7.27. The third-order valence-corrected chi connectivity index (χ3v) is 3.21. The Morgan fingerprint density at radius 1 is 0.533 bits per heavy atom. The van der Waals surface area contributed by atoms with Gasteiger partial charge in [0.15, 0.2) is 0 Å². The average molecular weight is 255 g/mol. The molecule has 2 aliphatic carbocycles. The van der Waals surface area contributed by atoms with Gasteiger partial charge in [0.25, 0.3) is 0 Å². The van der Waals surface area contributed by atoms with Gasteiger partial charge in [-0.15, -0.1) is 12.1 Å². The fourth-order valence-corrected chi connectivity index (χ4v) is 2.21. The van der Waals surface area contributed by atoms with E-state index < -0.39 is 0 Å². The Bertz CT molecular complexity index is 114. The predicted octanol–water partition coefficient (Wildman–Crippen LogP) is 4.74. The number of nitrogens with one attached hydrogen (secondary N) is 2. The Hall–Kier alpha value is 0.426. The summed E-state index contributed by atoms with van der Waals surface area (Å²) in [5.74, 6) is 0. The Labute approximate surface area is 105 Å². The van der Waals surface area contributed by atoms with E-state index in [1.54, 1.807) is 0 Å². The summed E-state index contributed by atoms with van der Waals surface area (Å²) in [7, 11) is 0. The first-order chi connectivity index (χ1) is 6.79. The molecule has 0 bridgehead atoms. The molecule has 15 heavy (non-hydrogen) atoms. The Balaban J connectivity index is 0.000000245. The summed E-state index contributed by atoms with van der Waals surface area (Å²) in [5, 5.41) is 0. The largest absolute Gasteiger partial charge is 2.00 e. The van der Waals surface area contributed by atoms with Crippen molar-refractivity contribution in [3.63, 3.8) is 0 Å². The second kappa shape index (κ2) is 9.64. The van der Waals surface area contributed by atoms with Crippen LogP contribution in [0.5, 0.6) is 0 Å². The van der Waals surface area contributed by atoms with Crippen molar-refractivity contribution in [2.75, 3.05) is 0 Å². The second-order valence-corrected chi connectivity index (χ2v) is 4.67. The molecular formula is C12H24CoN2. The van der Waals surface area contributed by atoms with E-state index in [1.165, 1.54) is 38.5 Å². The van der Waals surface area contributed by atoms with Crippen LogP contribution in [0.2, 0.25) is 0 Å². The zero-order valence-corrected chi connectivity index (χ0v) is 10.6. The third kappa shape index (κ3) is 8.26. The van der Waals surface area contributed by atoms with Gasteiger partial charge in [0, 0.05) is 0 Å². The number of hydrogen-bond acceptors (Lipinski definition) is 0. The van der Waals surface area contributed by atoms with Crippen molar-refractivity contribution < 1.29 is 16.8 Å². The zero-order chi connectivity index (χ0) is 10.2. The smallest absolute Gasteiger partial charge is 0.675 e. The van der Waals surface area contributed by atoms with E-state index in [0.717, 1.165) is 25.7 Å². The summed E-state index contributed by atoms with van der Waals surface area (Å²) in [6.07, 6.45) is 12.6. The molecule has 2 nitrogen and oxygen atoms in total. The van der Waals surface area contributed by atoms with Crippen molar-refractivity contribution >= 4 is 0 Å². The minimum absolute atomic E-state index is 0. The molecule has 0 aromatic carbocycles. The fourth-order valence-electron chi connectivity index (χ4n) is 2.21. The van der Waals surface area contributed by atoms with Gasteiger partial charge in [-0.3, -0.25) is 0 Å². The Morgan fingerprint density at radius 2 is 0.800 bits per heavy atom. The van der Waals surface area contributed by atoms with E-state index in [-0.39, 0.29) is 28.9 Å². The van der Waals surface area contributed by atoms with Gasteiger partial charge >= 0.3 is 16.8 Å². The van der Waals surface area contributed by atoms with Crippen LogP contribution in [0.1, 0.15) is 64.2 Å². The van der Waals surface area contributed by atoms with Gasteiger partial charge in [-0.25, -0.2) is 0 Å². The van der Waals surface area contributed by atoms with Crippen LogP contribution in [-0.2, 0) is 16.8 Å². The molecular weight excluding hydrogens is 231 g/mol. The average Bonchev–Trinajstić information content (AvgIpc) is 2.21. The molecule has 0 spiro atoms. The molecule has 91 valence electrons. The van der Waals surface area contributed by atoms with Crippen molar-refractivity contribution in [3.8, 4) is 0 Å². The van der Waals surface area contributed by atoms with Crippen LogP contribution in [0.15, 0.2) is 0 Å². The summed E-state index contributed by atoms with van der Waals surface area (Å²) in [4.78, 5) is 0. The molecule has 3 heteroatoms. The van der Waals surface area contributed by atoms with E-state index in [2.05, 4.69) is 0 Å². The monoisotopic (exact) mass is 255 g/mol. The molecule has 0 aromatic rings. The van der Waals surface area contributed by atoms with E-state index in [0.29, 0.717) is 0 Å². The van der Waals surface area contributed by atoms with Crippen molar-refractivity contribution in [3.05, 3.63) is 11.5 Å². The summed E-state index contributed by atoms with van der Waals surface area (Å²) in [5.41, 5.74) is 14.5. The number of rotatable bonds is 0. The van der Waals surface area contributed by atoms with Crippen molar-refractivity contribution in [2.24, 2.45) is 0 Å². The molecule has 0 amide bonds. The molecule has 0 aliphatic heterocycles. The van der Waals surface area contributed by atoms with E-state index in [1.807, 2.05) is 0 Å². The van der Waals surface area contributed by atoms with Crippen LogP contribution in [0.3, 0.4) is 0 Å². The third-order valence-electron chi connectivity index (χ3n) is 3.21. The normalized spacial score (nSPS) is 23.6. The molecule has 2 saturated carbocycles. The van der Waals surface area contributed by atoms with Crippen LogP contribution >= 0.6 is 0 Å². The van der Waals surface area contributed by atoms with E-state index >= 15 is 0 Å². The fraction of sp³-hybridized carbons (Fsp3) is 1.00. The molecule has 0 saturated heterocycles. The van der Waals surface area contributed by atoms with Crippen molar-refractivity contribution in [1.82, 2.24) is 0 Å². The van der Waals surface area contributed by atoms with Gasteiger partial charge in [-0.2, -0.15) is 0 Å². The topological polar surface area (TPSA) is 47.6 Å². The predicted molar refractivity (Wildman–Crippen MR) is 62.4 cm³/mol. The van der Waals surface area contributed by atoms with Crippen LogP contribution in [0, 0.1) is 0 Å². The molecule has 2 fully saturated rings. The van der Waals surface area contributed by atoms with Crippen molar-refractivity contribution in [2.45, 2.75) is 76.3 Å². The Morgan fingerprint density at radius 3 is 0.933 bits per heavy atom. The maximum absolute atomic E-state index is 7.27. The number of hydrogen-bond donors (Lipinski definition) is 0. The van der Waals surface area contributed by atoms with E-state index in [9.17, 15) is 0 Å². The summed E-state index contributed by atoms with van der Waals surface area (Å²) >= 11 is 0. The van der Waals surface area contributed by atoms with Gasteiger partial charge in [0.1, 0.15) is 0 Å². The van der Waals surface area contributed by atoms with Gasteiger partial charge in [0.05, 0.1) is 0 Å². The zero-order valence-electron chi connectivity index (χ0n) is 9.56. The van der Waals surface area contributed by atoms with Crippen LogP contribution in [0.4, 0.5) is 0 Å². The molecule has 0 aromatic heterocycles. The maximum Gasteiger partial charge on any atom is 2.00 e. The molecule has 0 heterocycles. The SMILES string of the molecule is [Co+2].[NH-]C1CCCCC1.[NH-]C1CCCCC1. The van der Waals surface area contributed by atoms with E-state index in [4.69, 9.17) is 11.5 Å². The van der Waals surface area contributed by atoms with Crippen LogP contribution in [0.25, 0.3) is 11.5 Å². The molecule has 0 unspecified atom stereocenters. The standard InChI is InChI=1S/2C6H12N.Co/c2*7-6-4-2-1-3-5-6;/h2*6-7H,1-5H2;/q2*-1;+2. The molecule has 1 radical (unpaired) electrons. The summed E-state index contributed by atoms with van der Waals surface area (Å²) in [6, 6.07) is 0.572. The molecule has 2 aliphatic rings. The van der Waals surface area contributed by atoms with Gasteiger partial charge in [0.2, 0.25) is 0 Å².